The van der Waals surface area contributed by atoms with Crippen molar-refractivity contribution in [3.05, 3.63) is 64.2 Å². The number of nitrogens with zero attached hydrogens (tertiary/aromatic N) is 1. The molecule has 2 rings (SSSR count). The Labute approximate surface area is 129 Å². The predicted octanol–water partition coefficient (Wildman–Crippen LogP) is 3.66. The maximum atomic E-state index is 13.8. The maximum absolute atomic E-state index is 13.8. The highest BCUT2D eigenvalue weighted by Crippen LogP contribution is 2.20. The number of hydrogen-bond donors (Lipinski definition) is 1. The van der Waals surface area contributed by atoms with E-state index < -0.39 is 11.8 Å². The van der Waals surface area contributed by atoms with Crippen LogP contribution in [-0.2, 0) is 11.4 Å². The Hall–Kier alpha value is -2.21. The Morgan fingerprint density at radius 1 is 1.38 bits per heavy atom. The fourth-order valence-corrected chi connectivity index (χ4v) is 1.78. The highest BCUT2D eigenvalue weighted by atomic mass is 79.9. The summed E-state index contributed by atoms with van der Waals surface area (Å²) < 4.78 is 20.0. The van der Waals surface area contributed by atoms with Gasteiger partial charge in [-0.2, -0.15) is 0 Å². The molecular weight excluding hydrogens is 341 g/mol. The molecule has 1 heterocycles. The molecule has 0 atom stereocenters. The van der Waals surface area contributed by atoms with Gasteiger partial charge in [0.25, 0.3) is 0 Å². The van der Waals surface area contributed by atoms with Crippen molar-refractivity contribution >= 4 is 28.0 Å². The fraction of sp³-hybridized carbons (Fsp3) is 0.0667. The van der Waals surface area contributed by atoms with Gasteiger partial charge in [0, 0.05) is 16.7 Å². The molecule has 0 spiro atoms. The lowest BCUT2D eigenvalue weighted by molar-refractivity contribution is -0.131. The first-order valence-electron chi connectivity index (χ1n) is 5.98. The third-order valence-electron chi connectivity index (χ3n) is 2.54. The van der Waals surface area contributed by atoms with Crippen LogP contribution in [0.15, 0.2) is 47.1 Å². The van der Waals surface area contributed by atoms with Gasteiger partial charge in [-0.3, -0.25) is 4.98 Å². The summed E-state index contributed by atoms with van der Waals surface area (Å²) in [5.41, 5.74) is 1.12. The molecule has 0 unspecified atom stereocenters. The third-order valence-corrected chi connectivity index (χ3v) is 3.01. The third kappa shape index (κ3) is 4.68. The molecule has 1 N–H and O–H groups in total. The van der Waals surface area contributed by atoms with E-state index in [2.05, 4.69) is 20.9 Å². The van der Waals surface area contributed by atoms with E-state index in [1.807, 2.05) is 6.07 Å². The summed E-state index contributed by atoms with van der Waals surface area (Å²) >= 11 is 3.27. The molecule has 0 bridgehead atoms. The molecule has 21 heavy (non-hydrogen) atoms. The topological polar surface area (TPSA) is 59.4 Å². The average Bonchev–Trinajstić information content (AvgIpc) is 2.46. The minimum Gasteiger partial charge on any atom is -0.484 e. The van der Waals surface area contributed by atoms with Gasteiger partial charge < -0.3 is 9.84 Å². The van der Waals surface area contributed by atoms with Gasteiger partial charge in [0.05, 0.1) is 5.69 Å². The van der Waals surface area contributed by atoms with Crippen molar-refractivity contribution in [1.82, 2.24) is 4.98 Å². The molecule has 0 aliphatic rings. The zero-order valence-corrected chi connectivity index (χ0v) is 12.4. The molecular formula is C15H11BrFNO3. The molecule has 6 heteroatoms. The highest BCUT2D eigenvalue weighted by Gasteiger charge is 2.05. The van der Waals surface area contributed by atoms with Crippen molar-refractivity contribution < 1.29 is 19.0 Å². The number of carbonyl (C=O) groups is 1. The number of carboxylic acid groups (broad SMARTS) is 1. The number of ether oxygens (including phenoxy) is 1. The van der Waals surface area contributed by atoms with Gasteiger partial charge in [-0.15, -0.1) is 0 Å². The van der Waals surface area contributed by atoms with Gasteiger partial charge in [-0.05, 0) is 51.8 Å². The molecule has 1 aromatic carbocycles. The van der Waals surface area contributed by atoms with Crippen LogP contribution >= 0.6 is 15.9 Å². The van der Waals surface area contributed by atoms with Crippen LogP contribution in [0.2, 0.25) is 0 Å². The second-order valence-corrected chi connectivity index (χ2v) is 5.03. The molecule has 0 amide bonds. The lowest BCUT2D eigenvalue weighted by atomic mass is 10.2. The molecule has 0 fully saturated rings. The van der Waals surface area contributed by atoms with E-state index >= 15 is 0 Å². The maximum Gasteiger partial charge on any atom is 0.328 e. The quantitative estimate of drug-likeness (QED) is 0.835. The summed E-state index contributed by atoms with van der Waals surface area (Å²) in [7, 11) is 0. The van der Waals surface area contributed by atoms with Crippen LogP contribution in [0.5, 0.6) is 5.75 Å². The Balaban J connectivity index is 2.04. The van der Waals surface area contributed by atoms with E-state index in [0.717, 1.165) is 10.5 Å². The van der Waals surface area contributed by atoms with Crippen molar-refractivity contribution in [2.24, 2.45) is 0 Å². The number of pyridine rings is 1. The number of hydrogen-bond acceptors (Lipinski definition) is 3. The van der Waals surface area contributed by atoms with Crippen LogP contribution < -0.4 is 4.74 Å². The fourth-order valence-electron chi connectivity index (χ4n) is 1.55. The standard InChI is InChI=1S/C15H11BrFNO3/c16-11-3-4-12(18-8-11)9-21-14-5-1-10(7-13(14)17)2-6-15(19)20/h1-8H,9H2,(H,19,20)/b6-2+. The number of aromatic nitrogens is 1. The second kappa shape index (κ2) is 6.99. The van der Waals surface area contributed by atoms with E-state index in [1.165, 1.54) is 18.2 Å². The first kappa shape index (κ1) is 15.2. The normalized spacial score (nSPS) is 10.8. The number of benzene rings is 1. The molecule has 2 aromatic rings. The second-order valence-electron chi connectivity index (χ2n) is 4.12. The Morgan fingerprint density at radius 2 is 2.19 bits per heavy atom. The van der Waals surface area contributed by atoms with Crippen LogP contribution in [0.4, 0.5) is 4.39 Å². The Kier molecular flexibility index (Phi) is 5.05. The van der Waals surface area contributed by atoms with Gasteiger partial charge in [0.1, 0.15) is 6.61 Å². The van der Waals surface area contributed by atoms with E-state index in [-0.39, 0.29) is 12.4 Å². The van der Waals surface area contributed by atoms with E-state index in [1.54, 1.807) is 18.3 Å². The lowest BCUT2D eigenvalue weighted by Crippen LogP contribution is -1.99. The first-order valence-corrected chi connectivity index (χ1v) is 6.77. The van der Waals surface area contributed by atoms with E-state index in [0.29, 0.717) is 11.3 Å². The van der Waals surface area contributed by atoms with E-state index in [9.17, 15) is 9.18 Å². The summed E-state index contributed by atoms with van der Waals surface area (Å²) in [5.74, 6) is -1.55. The monoisotopic (exact) mass is 351 g/mol. The van der Waals surface area contributed by atoms with Crippen molar-refractivity contribution in [3.8, 4) is 5.75 Å². The molecule has 1 aromatic heterocycles. The van der Waals surface area contributed by atoms with Crippen LogP contribution in [0.25, 0.3) is 6.08 Å². The zero-order chi connectivity index (χ0) is 15.2. The Bertz CT molecular complexity index is 671. The molecule has 0 aliphatic heterocycles. The smallest absolute Gasteiger partial charge is 0.328 e. The largest absolute Gasteiger partial charge is 0.484 e. The van der Waals surface area contributed by atoms with Gasteiger partial charge in [-0.25, -0.2) is 9.18 Å². The van der Waals surface area contributed by atoms with Gasteiger partial charge >= 0.3 is 5.97 Å². The minimum atomic E-state index is -1.09. The highest BCUT2D eigenvalue weighted by molar-refractivity contribution is 9.10. The number of aliphatic carboxylic acids is 1. The van der Waals surface area contributed by atoms with Gasteiger partial charge in [-0.1, -0.05) is 6.07 Å². The lowest BCUT2D eigenvalue weighted by Gasteiger charge is -2.07. The van der Waals surface area contributed by atoms with Gasteiger partial charge in [0.15, 0.2) is 11.6 Å². The van der Waals surface area contributed by atoms with E-state index in [4.69, 9.17) is 9.84 Å². The van der Waals surface area contributed by atoms with Crippen molar-refractivity contribution in [2.45, 2.75) is 6.61 Å². The predicted molar refractivity (Wildman–Crippen MR) is 79.3 cm³/mol. The molecule has 108 valence electrons. The molecule has 0 aliphatic carbocycles. The van der Waals surface area contributed by atoms with Crippen molar-refractivity contribution in [2.75, 3.05) is 0 Å². The van der Waals surface area contributed by atoms with Crippen LogP contribution in [-0.4, -0.2) is 16.1 Å². The van der Waals surface area contributed by atoms with Gasteiger partial charge in [0.2, 0.25) is 0 Å². The number of rotatable bonds is 5. The minimum absolute atomic E-state index is 0.0900. The summed E-state index contributed by atoms with van der Waals surface area (Å²) in [6.07, 6.45) is 3.89. The zero-order valence-electron chi connectivity index (χ0n) is 10.8. The molecule has 4 nitrogen and oxygen atoms in total. The number of carboxylic acids is 1. The van der Waals surface area contributed by atoms with Crippen molar-refractivity contribution in [1.29, 1.82) is 0 Å². The molecule has 0 saturated heterocycles. The van der Waals surface area contributed by atoms with Crippen molar-refractivity contribution in [3.63, 3.8) is 0 Å². The van der Waals surface area contributed by atoms with Crippen LogP contribution in [0, 0.1) is 5.82 Å². The summed E-state index contributed by atoms with van der Waals surface area (Å²) in [6, 6.07) is 7.83. The molecule has 0 saturated carbocycles. The number of halogens is 2. The SMILES string of the molecule is O=C(O)/C=C/c1ccc(OCc2ccc(Br)cn2)c(F)c1. The first-order chi connectivity index (χ1) is 10.0. The molecule has 0 radical (unpaired) electrons. The summed E-state index contributed by atoms with van der Waals surface area (Å²) in [6.45, 7) is 0.147. The summed E-state index contributed by atoms with van der Waals surface area (Å²) in [4.78, 5) is 14.5. The van der Waals surface area contributed by atoms with Crippen LogP contribution in [0.3, 0.4) is 0 Å². The summed E-state index contributed by atoms with van der Waals surface area (Å²) in [5, 5.41) is 8.51. The average molecular weight is 352 g/mol. The Morgan fingerprint density at radius 3 is 2.81 bits per heavy atom. The van der Waals surface area contributed by atoms with Crippen LogP contribution in [0.1, 0.15) is 11.3 Å².